The lowest BCUT2D eigenvalue weighted by molar-refractivity contribution is 0.0784. The van der Waals surface area contributed by atoms with Crippen molar-refractivity contribution in [2.75, 3.05) is 39.1 Å². The molecule has 38 heavy (non-hydrogen) atoms. The highest BCUT2D eigenvalue weighted by molar-refractivity contribution is 6.34. The zero-order chi connectivity index (χ0) is 26.6. The number of aromatic nitrogens is 3. The number of rotatable bonds is 8. The highest BCUT2D eigenvalue weighted by Crippen LogP contribution is 2.30. The minimum atomic E-state index is -0.450. The number of methoxy groups -OCH3 is 1. The molecular weight excluding hydrogens is 507 g/mol. The molecule has 1 fully saturated rings. The van der Waals surface area contributed by atoms with Crippen molar-refractivity contribution < 1.29 is 13.9 Å². The Morgan fingerprint density at radius 3 is 2.79 bits per heavy atom. The van der Waals surface area contributed by atoms with E-state index in [0.29, 0.717) is 51.5 Å². The quantitative estimate of drug-likeness (QED) is 0.313. The Bertz CT molecular complexity index is 1450. The van der Waals surface area contributed by atoms with Crippen LogP contribution in [0, 0.1) is 11.7 Å². The maximum absolute atomic E-state index is 14.3. The second-order valence-corrected chi connectivity index (χ2v) is 9.90. The van der Waals surface area contributed by atoms with E-state index in [1.54, 1.807) is 53.8 Å². The van der Waals surface area contributed by atoms with Gasteiger partial charge < -0.3 is 20.3 Å². The fourth-order valence-corrected chi connectivity index (χ4v) is 5.06. The number of carbonyl (C=O) groups is 1. The molecule has 1 amide bonds. The molecule has 1 aliphatic heterocycles. The average molecular weight is 537 g/mol. The van der Waals surface area contributed by atoms with E-state index in [9.17, 15) is 9.18 Å². The maximum Gasteiger partial charge on any atom is 0.255 e. The Kier molecular flexibility index (Phi) is 7.76. The largest absolute Gasteiger partial charge is 0.494 e. The van der Waals surface area contributed by atoms with Gasteiger partial charge in [-0.2, -0.15) is 0 Å². The molecule has 0 saturated carbocycles. The number of nitrogens with one attached hydrogen (secondary N) is 2. The van der Waals surface area contributed by atoms with Gasteiger partial charge in [0.05, 0.1) is 29.6 Å². The Morgan fingerprint density at radius 2 is 2.05 bits per heavy atom. The van der Waals surface area contributed by atoms with Gasteiger partial charge in [-0.15, -0.1) is 0 Å². The van der Waals surface area contributed by atoms with Crippen LogP contribution in [0.2, 0.25) is 5.02 Å². The molecule has 10 heteroatoms. The molecule has 2 aromatic heterocycles. The zero-order valence-corrected chi connectivity index (χ0v) is 22.1. The summed E-state index contributed by atoms with van der Waals surface area (Å²) in [5.74, 6) is 0.782. The third-order valence-electron chi connectivity index (χ3n) is 7.02. The fraction of sp³-hybridized carbons (Fsp3) is 0.321. The molecular formula is C28H30ClFN6O2. The Labute approximate surface area is 225 Å². The highest BCUT2D eigenvalue weighted by atomic mass is 35.5. The number of carbonyl (C=O) groups excluding carboxylic acids is 1. The normalized spacial score (nSPS) is 14.0. The molecule has 8 nitrogen and oxygen atoms in total. The SMILES string of the molecule is COc1ccc(-c2cnc3c(Nc4ccc(C(=O)N(C)CCC5CCNCC5)c(Cl)c4)nccn23)cc1F. The molecule has 4 aromatic rings. The van der Waals surface area contributed by atoms with E-state index in [0.717, 1.165) is 32.4 Å². The van der Waals surface area contributed by atoms with E-state index in [2.05, 4.69) is 20.6 Å². The van der Waals surface area contributed by atoms with Crippen LogP contribution in [0.15, 0.2) is 55.0 Å². The number of ether oxygens (including phenoxy) is 1. The number of benzene rings is 2. The number of hydrogen-bond acceptors (Lipinski definition) is 6. The van der Waals surface area contributed by atoms with Gasteiger partial charge in [0, 0.05) is 37.2 Å². The lowest BCUT2D eigenvalue weighted by Crippen LogP contribution is -2.32. The Balaban J connectivity index is 1.31. The van der Waals surface area contributed by atoms with Gasteiger partial charge in [-0.05, 0) is 74.7 Å². The van der Waals surface area contributed by atoms with Crippen molar-refractivity contribution in [2.24, 2.45) is 5.92 Å². The van der Waals surface area contributed by atoms with E-state index in [4.69, 9.17) is 16.3 Å². The topological polar surface area (TPSA) is 83.8 Å². The van der Waals surface area contributed by atoms with E-state index in [1.165, 1.54) is 13.2 Å². The second kappa shape index (κ2) is 11.4. The van der Waals surface area contributed by atoms with Crippen molar-refractivity contribution in [3.8, 4) is 17.0 Å². The van der Waals surface area contributed by atoms with Crippen molar-refractivity contribution in [3.05, 3.63) is 71.4 Å². The van der Waals surface area contributed by atoms with Crippen LogP contribution < -0.4 is 15.4 Å². The molecule has 0 bridgehead atoms. The van der Waals surface area contributed by atoms with E-state index >= 15 is 0 Å². The molecule has 0 atom stereocenters. The van der Waals surface area contributed by atoms with Crippen LogP contribution in [-0.4, -0.2) is 59.0 Å². The van der Waals surface area contributed by atoms with Crippen molar-refractivity contribution >= 4 is 34.7 Å². The smallest absolute Gasteiger partial charge is 0.255 e. The molecule has 0 unspecified atom stereocenters. The number of anilines is 2. The van der Waals surface area contributed by atoms with Crippen LogP contribution in [-0.2, 0) is 0 Å². The third kappa shape index (κ3) is 5.44. The van der Waals surface area contributed by atoms with Crippen molar-refractivity contribution in [3.63, 3.8) is 0 Å². The molecule has 0 aliphatic carbocycles. The molecule has 1 saturated heterocycles. The van der Waals surface area contributed by atoms with Crippen LogP contribution in [0.4, 0.5) is 15.9 Å². The summed E-state index contributed by atoms with van der Waals surface area (Å²) in [5, 5.41) is 6.98. The Morgan fingerprint density at radius 1 is 1.24 bits per heavy atom. The summed E-state index contributed by atoms with van der Waals surface area (Å²) in [7, 11) is 3.25. The number of fused-ring (bicyclic) bond motifs is 1. The molecule has 5 rings (SSSR count). The molecule has 2 N–H and O–H groups in total. The highest BCUT2D eigenvalue weighted by Gasteiger charge is 2.19. The van der Waals surface area contributed by atoms with Gasteiger partial charge in [0.1, 0.15) is 0 Å². The minimum absolute atomic E-state index is 0.0969. The fourth-order valence-electron chi connectivity index (χ4n) is 4.80. The van der Waals surface area contributed by atoms with Crippen LogP contribution in [0.5, 0.6) is 5.75 Å². The first-order valence-corrected chi connectivity index (χ1v) is 13.0. The lowest BCUT2D eigenvalue weighted by Gasteiger charge is -2.25. The van der Waals surface area contributed by atoms with Gasteiger partial charge in [-0.1, -0.05) is 11.6 Å². The summed E-state index contributed by atoms with van der Waals surface area (Å²) < 4.78 is 21.1. The van der Waals surface area contributed by atoms with Gasteiger partial charge in [-0.3, -0.25) is 9.20 Å². The zero-order valence-electron chi connectivity index (χ0n) is 21.4. The first-order valence-electron chi connectivity index (χ1n) is 12.6. The number of halogens is 2. The average Bonchev–Trinajstić information content (AvgIpc) is 3.37. The first kappa shape index (κ1) is 25.9. The molecule has 3 heterocycles. The van der Waals surface area contributed by atoms with Gasteiger partial charge in [0.2, 0.25) is 0 Å². The van der Waals surface area contributed by atoms with Gasteiger partial charge in [0.25, 0.3) is 5.91 Å². The minimum Gasteiger partial charge on any atom is -0.494 e. The molecule has 2 aromatic carbocycles. The van der Waals surface area contributed by atoms with Crippen LogP contribution in [0.25, 0.3) is 16.9 Å². The van der Waals surface area contributed by atoms with Gasteiger partial charge in [-0.25, -0.2) is 14.4 Å². The monoisotopic (exact) mass is 536 g/mol. The number of piperidine rings is 1. The predicted molar refractivity (Wildman–Crippen MR) is 147 cm³/mol. The molecule has 0 spiro atoms. The van der Waals surface area contributed by atoms with Crippen molar-refractivity contribution in [2.45, 2.75) is 19.3 Å². The summed E-state index contributed by atoms with van der Waals surface area (Å²) in [4.78, 5) is 23.7. The third-order valence-corrected chi connectivity index (χ3v) is 7.33. The van der Waals surface area contributed by atoms with Gasteiger partial charge >= 0.3 is 0 Å². The van der Waals surface area contributed by atoms with E-state index < -0.39 is 5.82 Å². The van der Waals surface area contributed by atoms with Crippen LogP contribution in [0.3, 0.4) is 0 Å². The molecule has 1 aliphatic rings. The second-order valence-electron chi connectivity index (χ2n) is 9.49. The predicted octanol–water partition coefficient (Wildman–Crippen LogP) is 5.40. The number of imidazole rings is 1. The van der Waals surface area contributed by atoms with Crippen molar-refractivity contribution in [1.82, 2.24) is 24.6 Å². The first-order chi connectivity index (χ1) is 18.4. The van der Waals surface area contributed by atoms with Crippen LogP contribution >= 0.6 is 11.6 Å². The molecule has 198 valence electrons. The van der Waals surface area contributed by atoms with E-state index in [1.807, 2.05) is 11.4 Å². The molecule has 0 radical (unpaired) electrons. The lowest BCUT2D eigenvalue weighted by atomic mass is 9.94. The Hall–Kier alpha value is -3.69. The summed E-state index contributed by atoms with van der Waals surface area (Å²) in [6.07, 6.45) is 8.36. The number of hydrogen-bond donors (Lipinski definition) is 2. The number of nitrogens with zero attached hydrogens (tertiary/aromatic N) is 4. The van der Waals surface area contributed by atoms with Gasteiger partial charge in [0.15, 0.2) is 23.0 Å². The van der Waals surface area contributed by atoms with E-state index in [-0.39, 0.29) is 11.7 Å². The van der Waals surface area contributed by atoms with Crippen LogP contribution in [0.1, 0.15) is 29.6 Å². The maximum atomic E-state index is 14.3. The number of amides is 1. The summed E-state index contributed by atoms with van der Waals surface area (Å²) in [6.45, 7) is 2.79. The summed E-state index contributed by atoms with van der Waals surface area (Å²) in [6, 6.07) is 10.0. The standard InChI is InChI=1S/C28H30ClFN6O2/c1-35(13-9-18-7-10-31-11-8-18)28(37)21-5-4-20(16-22(21)29)34-26-27-33-17-24(36(27)14-12-32-26)19-3-6-25(38-2)23(30)15-19/h3-6,12,14-18,31H,7-11,13H2,1-2H3,(H,32,34). The van der Waals surface area contributed by atoms with Crippen molar-refractivity contribution in [1.29, 1.82) is 0 Å². The summed E-state index contributed by atoms with van der Waals surface area (Å²) in [5.41, 5.74) is 3.06. The summed E-state index contributed by atoms with van der Waals surface area (Å²) >= 11 is 6.54.